The van der Waals surface area contributed by atoms with Crippen LogP contribution in [-0.4, -0.2) is 11.7 Å². The van der Waals surface area contributed by atoms with Crippen molar-refractivity contribution in [3.8, 4) is 0 Å². The Balaban J connectivity index is 2.17. The van der Waals surface area contributed by atoms with E-state index in [2.05, 4.69) is 0 Å². The standard InChI is InChI=1S/C6H10FN/c7-5-3-6(8)1-4(5)2-6/h4-5H,1-3,8H2. The first-order valence-electron chi connectivity index (χ1n) is 3.13. The maximum atomic E-state index is 12.5. The predicted octanol–water partition coefficient (Wildman–Crippen LogP) is 0.836. The molecule has 1 nitrogen and oxygen atoms in total. The normalized spacial score (nSPS) is 60.8. The van der Waals surface area contributed by atoms with Crippen molar-refractivity contribution in [1.29, 1.82) is 0 Å². The Hall–Kier alpha value is -0.110. The number of rotatable bonds is 0. The molecule has 8 heavy (non-hydrogen) atoms. The molecule has 0 amide bonds. The molecule has 0 aliphatic heterocycles. The van der Waals surface area contributed by atoms with Crippen LogP contribution in [0.25, 0.3) is 0 Å². The lowest BCUT2D eigenvalue weighted by Crippen LogP contribution is -2.44. The summed E-state index contributed by atoms with van der Waals surface area (Å²) in [4.78, 5) is 0. The fourth-order valence-electron chi connectivity index (χ4n) is 1.96. The van der Waals surface area contributed by atoms with Gasteiger partial charge in [-0.25, -0.2) is 4.39 Å². The smallest absolute Gasteiger partial charge is 0.105 e. The lowest BCUT2D eigenvalue weighted by Gasteiger charge is -2.33. The van der Waals surface area contributed by atoms with Crippen LogP contribution < -0.4 is 5.73 Å². The summed E-state index contributed by atoms with van der Waals surface area (Å²) in [5, 5.41) is 0. The summed E-state index contributed by atoms with van der Waals surface area (Å²) in [6, 6.07) is 0. The second kappa shape index (κ2) is 1.08. The van der Waals surface area contributed by atoms with Crippen molar-refractivity contribution in [3.05, 3.63) is 0 Å². The van der Waals surface area contributed by atoms with Gasteiger partial charge in [0.2, 0.25) is 0 Å². The van der Waals surface area contributed by atoms with Gasteiger partial charge in [-0.3, -0.25) is 0 Å². The minimum absolute atomic E-state index is 0.0654. The Morgan fingerprint density at radius 1 is 1.38 bits per heavy atom. The van der Waals surface area contributed by atoms with E-state index in [9.17, 15) is 4.39 Å². The molecule has 3 saturated carbocycles. The van der Waals surface area contributed by atoms with Gasteiger partial charge in [-0.05, 0) is 25.2 Å². The van der Waals surface area contributed by atoms with Gasteiger partial charge in [0, 0.05) is 5.54 Å². The van der Waals surface area contributed by atoms with E-state index in [-0.39, 0.29) is 5.54 Å². The Bertz CT molecular complexity index is 118. The highest BCUT2D eigenvalue weighted by Gasteiger charge is 2.53. The number of hydrogen-bond acceptors (Lipinski definition) is 1. The summed E-state index contributed by atoms with van der Waals surface area (Å²) in [6.07, 6.45) is 1.93. The molecule has 0 radical (unpaired) electrons. The summed E-state index contributed by atoms with van der Waals surface area (Å²) < 4.78 is 12.5. The molecule has 0 heterocycles. The Labute approximate surface area is 48.1 Å². The van der Waals surface area contributed by atoms with Crippen molar-refractivity contribution >= 4 is 0 Å². The Kier molecular flexibility index (Phi) is 0.639. The van der Waals surface area contributed by atoms with E-state index >= 15 is 0 Å². The molecule has 0 aromatic heterocycles. The Morgan fingerprint density at radius 3 is 2.12 bits per heavy atom. The van der Waals surface area contributed by atoms with E-state index in [1.165, 1.54) is 0 Å². The number of halogens is 1. The molecule has 1 unspecified atom stereocenters. The van der Waals surface area contributed by atoms with Gasteiger partial charge in [-0.2, -0.15) is 0 Å². The van der Waals surface area contributed by atoms with E-state index in [0.717, 1.165) is 12.8 Å². The van der Waals surface area contributed by atoms with Gasteiger partial charge < -0.3 is 5.73 Å². The third-order valence-corrected chi connectivity index (χ3v) is 2.45. The zero-order valence-electron chi connectivity index (χ0n) is 4.73. The highest BCUT2D eigenvalue weighted by Crippen LogP contribution is 2.51. The third kappa shape index (κ3) is 0.395. The summed E-state index contributed by atoms with van der Waals surface area (Å²) in [7, 11) is 0. The molecular weight excluding hydrogens is 105 g/mol. The zero-order chi connectivity index (χ0) is 5.78. The van der Waals surface area contributed by atoms with Crippen LogP contribution in [0, 0.1) is 5.92 Å². The van der Waals surface area contributed by atoms with E-state index in [0.29, 0.717) is 12.3 Å². The van der Waals surface area contributed by atoms with Crippen LogP contribution in [0.5, 0.6) is 0 Å². The molecule has 0 spiro atoms. The van der Waals surface area contributed by atoms with Crippen LogP contribution in [0.15, 0.2) is 0 Å². The van der Waals surface area contributed by atoms with Crippen molar-refractivity contribution in [2.75, 3.05) is 0 Å². The van der Waals surface area contributed by atoms with E-state index in [1.807, 2.05) is 0 Å². The van der Waals surface area contributed by atoms with Crippen molar-refractivity contribution in [1.82, 2.24) is 0 Å². The monoisotopic (exact) mass is 115 g/mol. The quantitative estimate of drug-likeness (QED) is 0.497. The van der Waals surface area contributed by atoms with Gasteiger partial charge in [0.05, 0.1) is 0 Å². The summed E-state index contributed by atoms with van der Waals surface area (Å²) >= 11 is 0. The SMILES string of the molecule is NC12CC(F)C(C1)C2. The number of alkyl halides is 1. The Morgan fingerprint density at radius 2 is 2.00 bits per heavy atom. The summed E-state index contributed by atoms with van der Waals surface area (Å²) in [6.45, 7) is 0. The maximum absolute atomic E-state index is 12.5. The molecule has 3 fully saturated rings. The average Bonchev–Trinajstić information content (AvgIpc) is 1.88. The molecule has 1 atom stereocenters. The molecule has 0 aromatic rings. The van der Waals surface area contributed by atoms with Gasteiger partial charge in [0.1, 0.15) is 6.17 Å². The molecule has 0 aromatic carbocycles. The van der Waals surface area contributed by atoms with Crippen LogP contribution in [-0.2, 0) is 0 Å². The van der Waals surface area contributed by atoms with Gasteiger partial charge in [-0.1, -0.05) is 0 Å². The minimum Gasteiger partial charge on any atom is -0.325 e. The molecule has 2 N–H and O–H groups in total. The van der Waals surface area contributed by atoms with Gasteiger partial charge in [0.15, 0.2) is 0 Å². The first-order chi connectivity index (χ1) is 3.70. The number of nitrogens with two attached hydrogens (primary N) is 1. The summed E-state index contributed by atoms with van der Waals surface area (Å²) in [5.74, 6) is 0.333. The van der Waals surface area contributed by atoms with Gasteiger partial charge >= 0.3 is 0 Å². The fourth-order valence-corrected chi connectivity index (χ4v) is 1.96. The van der Waals surface area contributed by atoms with Gasteiger partial charge in [-0.15, -0.1) is 0 Å². The maximum Gasteiger partial charge on any atom is 0.105 e. The van der Waals surface area contributed by atoms with Gasteiger partial charge in [0.25, 0.3) is 0 Å². The predicted molar refractivity (Wildman–Crippen MR) is 29.2 cm³/mol. The molecular formula is C6H10FN. The van der Waals surface area contributed by atoms with Crippen LogP contribution in [0.2, 0.25) is 0 Å². The van der Waals surface area contributed by atoms with Crippen LogP contribution in [0.1, 0.15) is 19.3 Å². The highest BCUT2D eigenvalue weighted by atomic mass is 19.1. The largest absolute Gasteiger partial charge is 0.325 e. The lowest BCUT2D eigenvalue weighted by molar-refractivity contribution is 0.207. The molecule has 46 valence electrons. The average molecular weight is 115 g/mol. The number of hydrogen-bond donors (Lipinski definition) is 1. The summed E-state index contributed by atoms with van der Waals surface area (Å²) in [5.41, 5.74) is 5.63. The molecule has 2 bridgehead atoms. The first-order valence-corrected chi connectivity index (χ1v) is 3.13. The van der Waals surface area contributed by atoms with Crippen molar-refractivity contribution < 1.29 is 4.39 Å². The van der Waals surface area contributed by atoms with Crippen molar-refractivity contribution in [2.24, 2.45) is 11.7 Å². The highest BCUT2D eigenvalue weighted by molar-refractivity contribution is 5.09. The molecule has 2 heteroatoms. The van der Waals surface area contributed by atoms with Crippen LogP contribution >= 0.6 is 0 Å². The third-order valence-electron chi connectivity index (χ3n) is 2.45. The van der Waals surface area contributed by atoms with Crippen molar-refractivity contribution in [3.63, 3.8) is 0 Å². The zero-order valence-corrected chi connectivity index (χ0v) is 4.73. The fraction of sp³-hybridized carbons (Fsp3) is 1.00. The molecule has 3 aliphatic rings. The second-order valence-electron chi connectivity index (χ2n) is 3.25. The van der Waals surface area contributed by atoms with Crippen LogP contribution in [0.4, 0.5) is 4.39 Å². The van der Waals surface area contributed by atoms with E-state index in [4.69, 9.17) is 5.73 Å². The van der Waals surface area contributed by atoms with E-state index in [1.54, 1.807) is 0 Å². The topological polar surface area (TPSA) is 26.0 Å². The second-order valence-corrected chi connectivity index (χ2v) is 3.25. The minimum atomic E-state index is -0.569. The first kappa shape index (κ1) is 4.74. The van der Waals surface area contributed by atoms with Crippen molar-refractivity contribution in [2.45, 2.75) is 31.0 Å². The van der Waals surface area contributed by atoms with E-state index < -0.39 is 6.17 Å². The molecule has 0 saturated heterocycles. The molecule has 3 rings (SSSR count). The number of fused-ring (bicyclic) bond motifs is 1. The lowest BCUT2D eigenvalue weighted by atomic mass is 9.78. The van der Waals surface area contributed by atoms with Crippen LogP contribution in [0.3, 0.4) is 0 Å². The molecule has 3 aliphatic carbocycles.